The van der Waals surface area contributed by atoms with Crippen LogP contribution in [0.4, 0.5) is 13.2 Å². The molecule has 1 aromatic carbocycles. The lowest BCUT2D eigenvalue weighted by Gasteiger charge is -2.16. The van der Waals surface area contributed by atoms with E-state index in [9.17, 15) is 13.2 Å². The highest BCUT2D eigenvalue weighted by atomic mass is 35.5. The van der Waals surface area contributed by atoms with E-state index in [1.54, 1.807) is 18.2 Å². The minimum atomic E-state index is -4.23. The zero-order valence-electron chi connectivity index (χ0n) is 9.38. The molecule has 1 atom stereocenters. The molecule has 0 spiro atoms. The van der Waals surface area contributed by atoms with Gasteiger partial charge in [-0.25, -0.2) is 0 Å². The van der Waals surface area contributed by atoms with E-state index in [4.69, 9.17) is 23.8 Å². The fourth-order valence-corrected chi connectivity index (χ4v) is 2.57. The number of imidazole rings is 1. The number of rotatable bonds is 2. The number of halogens is 4. The Balaban J connectivity index is 2.54. The van der Waals surface area contributed by atoms with Crippen molar-refractivity contribution < 1.29 is 13.2 Å². The lowest BCUT2D eigenvalue weighted by Crippen LogP contribution is -2.16. The number of aromatic nitrogens is 2. The van der Waals surface area contributed by atoms with Crippen molar-refractivity contribution in [2.24, 2.45) is 0 Å². The van der Waals surface area contributed by atoms with Gasteiger partial charge in [-0.05, 0) is 31.3 Å². The highest BCUT2D eigenvalue weighted by molar-refractivity contribution is 7.71. The van der Waals surface area contributed by atoms with Crippen molar-refractivity contribution in [3.05, 3.63) is 28.0 Å². The Morgan fingerprint density at radius 1 is 1.44 bits per heavy atom. The molecule has 18 heavy (non-hydrogen) atoms. The van der Waals surface area contributed by atoms with Crippen molar-refractivity contribution in [3.8, 4) is 0 Å². The number of aromatic amines is 1. The molecule has 0 aliphatic rings. The molecule has 2 rings (SSSR count). The molecule has 0 bridgehead atoms. The number of hydrogen-bond donors (Lipinski definition) is 1. The number of hydrogen-bond acceptors (Lipinski definition) is 1. The van der Waals surface area contributed by atoms with Gasteiger partial charge in [-0.15, -0.1) is 0 Å². The van der Waals surface area contributed by atoms with E-state index >= 15 is 0 Å². The number of H-pyrrole nitrogens is 1. The van der Waals surface area contributed by atoms with Gasteiger partial charge in [0.05, 0.1) is 22.5 Å². The van der Waals surface area contributed by atoms with Crippen LogP contribution in [0.3, 0.4) is 0 Å². The maximum atomic E-state index is 12.4. The Hall–Kier alpha value is -1.01. The second kappa shape index (κ2) is 4.59. The largest absolute Gasteiger partial charge is 0.391 e. The fraction of sp³-hybridized carbons (Fsp3) is 0.364. The van der Waals surface area contributed by atoms with Crippen LogP contribution in [-0.2, 0) is 0 Å². The van der Waals surface area contributed by atoms with Crippen molar-refractivity contribution in [2.45, 2.75) is 25.6 Å². The lowest BCUT2D eigenvalue weighted by atomic mass is 10.2. The molecule has 0 fully saturated rings. The van der Waals surface area contributed by atoms with Crippen LogP contribution in [0.1, 0.15) is 19.4 Å². The summed E-state index contributed by atoms with van der Waals surface area (Å²) in [4.78, 5) is 2.84. The number of alkyl halides is 3. The van der Waals surface area contributed by atoms with Crippen molar-refractivity contribution in [3.63, 3.8) is 0 Å². The highest BCUT2D eigenvalue weighted by Gasteiger charge is 2.31. The molecule has 0 saturated carbocycles. The standard InChI is InChI=1S/C11H10ClF3N2S/c1-6(5-11(13,14)15)17-8-4-2-3-7(12)9(8)16-10(17)18/h2-4,6H,5H2,1H3,(H,16,18). The molecule has 2 aromatic rings. The van der Waals surface area contributed by atoms with Crippen LogP contribution >= 0.6 is 23.8 Å². The van der Waals surface area contributed by atoms with Crippen LogP contribution in [0.5, 0.6) is 0 Å². The van der Waals surface area contributed by atoms with E-state index in [0.717, 1.165) is 0 Å². The average molecular weight is 295 g/mol. The molecule has 0 radical (unpaired) electrons. The summed E-state index contributed by atoms with van der Waals surface area (Å²) in [5.74, 6) is 0. The monoisotopic (exact) mass is 294 g/mol. The van der Waals surface area contributed by atoms with E-state index in [1.165, 1.54) is 11.5 Å². The smallest absolute Gasteiger partial charge is 0.329 e. The molecule has 0 aliphatic carbocycles. The van der Waals surface area contributed by atoms with Crippen molar-refractivity contribution in [2.75, 3.05) is 0 Å². The number of nitrogens with zero attached hydrogens (tertiary/aromatic N) is 1. The molecule has 1 N–H and O–H groups in total. The fourth-order valence-electron chi connectivity index (χ4n) is 1.98. The van der Waals surface area contributed by atoms with Gasteiger partial charge in [0.2, 0.25) is 0 Å². The SMILES string of the molecule is CC(CC(F)(F)F)n1c(=S)[nH]c2c(Cl)cccc21. The van der Waals surface area contributed by atoms with Gasteiger partial charge in [-0.2, -0.15) is 13.2 Å². The molecular formula is C11H10ClF3N2S. The molecule has 1 heterocycles. The average Bonchev–Trinajstić information content (AvgIpc) is 2.53. The van der Waals surface area contributed by atoms with Gasteiger partial charge >= 0.3 is 6.18 Å². The number of benzene rings is 1. The zero-order valence-corrected chi connectivity index (χ0v) is 11.0. The third-order valence-electron chi connectivity index (χ3n) is 2.67. The predicted octanol–water partition coefficient (Wildman–Crippen LogP) is 4.87. The van der Waals surface area contributed by atoms with Gasteiger partial charge in [0, 0.05) is 6.04 Å². The molecule has 0 amide bonds. The first-order chi connectivity index (χ1) is 8.29. The summed E-state index contributed by atoms with van der Waals surface area (Å²) in [5, 5.41) is 0.441. The summed E-state index contributed by atoms with van der Waals surface area (Å²) in [5.41, 5.74) is 1.16. The maximum Gasteiger partial charge on any atom is 0.391 e. The molecular weight excluding hydrogens is 285 g/mol. The molecule has 0 saturated heterocycles. The molecule has 0 aliphatic heterocycles. The maximum absolute atomic E-state index is 12.4. The Kier molecular flexibility index (Phi) is 3.42. The summed E-state index contributed by atoms with van der Waals surface area (Å²) in [6.07, 6.45) is -5.16. The summed E-state index contributed by atoms with van der Waals surface area (Å²) in [7, 11) is 0. The van der Waals surface area contributed by atoms with Gasteiger partial charge in [0.15, 0.2) is 4.77 Å². The minimum Gasteiger partial charge on any atom is -0.329 e. The van der Waals surface area contributed by atoms with Gasteiger partial charge < -0.3 is 9.55 Å². The van der Waals surface area contributed by atoms with Gasteiger partial charge in [0.25, 0.3) is 0 Å². The Morgan fingerprint density at radius 2 is 2.11 bits per heavy atom. The van der Waals surface area contributed by atoms with Crippen LogP contribution < -0.4 is 0 Å². The lowest BCUT2D eigenvalue weighted by molar-refractivity contribution is -0.141. The second-order valence-corrected chi connectivity index (χ2v) is 4.90. The third-order valence-corrected chi connectivity index (χ3v) is 3.28. The first-order valence-electron chi connectivity index (χ1n) is 5.25. The summed E-state index contributed by atoms with van der Waals surface area (Å²) >= 11 is 11.0. The van der Waals surface area contributed by atoms with Crippen molar-refractivity contribution in [1.29, 1.82) is 0 Å². The predicted molar refractivity (Wildman–Crippen MR) is 67.5 cm³/mol. The summed E-state index contributed by atoms with van der Waals surface area (Å²) in [6, 6.07) is 4.27. The number of para-hydroxylation sites is 1. The normalized spacial score (nSPS) is 14.1. The van der Waals surface area contributed by atoms with Crippen LogP contribution in [0, 0.1) is 4.77 Å². The summed E-state index contributed by atoms with van der Waals surface area (Å²) < 4.78 is 39.0. The van der Waals surface area contributed by atoms with E-state index in [1.807, 2.05) is 0 Å². The quantitative estimate of drug-likeness (QED) is 0.784. The Morgan fingerprint density at radius 3 is 2.72 bits per heavy atom. The second-order valence-electron chi connectivity index (χ2n) is 4.10. The Labute approximate surface area is 111 Å². The topological polar surface area (TPSA) is 20.7 Å². The highest BCUT2D eigenvalue weighted by Crippen LogP contribution is 2.31. The third kappa shape index (κ3) is 2.54. The van der Waals surface area contributed by atoms with Crippen molar-refractivity contribution >= 4 is 34.9 Å². The Bertz CT molecular complexity index is 629. The first kappa shape index (κ1) is 13.4. The summed E-state index contributed by atoms with van der Waals surface area (Å²) in [6.45, 7) is 1.48. The van der Waals surface area contributed by atoms with Gasteiger partial charge in [-0.1, -0.05) is 17.7 Å². The zero-order chi connectivity index (χ0) is 13.5. The number of nitrogens with one attached hydrogen (secondary N) is 1. The van der Waals surface area contributed by atoms with E-state index in [2.05, 4.69) is 4.98 Å². The molecule has 98 valence electrons. The molecule has 2 nitrogen and oxygen atoms in total. The van der Waals surface area contributed by atoms with E-state index in [-0.39, 0.29) is 4.77 Å². The van der Waals surface area contributed by atoms with Crippen LogP contribution in [0.25, 0.3) is 11.0 Å². The van der Waals surface area contributed by atoms with Crippen LogP contribution in [-0.4, -0.2) is 15.7 Å². The minimum absolute atomic E-state index is 0.245. The van der Waals surface area contributed by atoms with Crippen LogP contribution in [0.2, 0.25) is 5.02 Å². The molecule has 1 aromatic heterocycles. The van der Waals surface area contributed by atoms with E-state index in [0.29, 0.717) is 16.1 Å². The van der Waals surface area contributed by atoms with E-state index < -0.39 is 18.6 Å². The van der Waals surface area contributed by atoms with Gasteiger partial charge in [-0.3, -0.25) is 0 Å². The number of fused-ring (bicyclic) bond motifs is 1. The van der Waals surface area contributed by atoms with Gasteiger partial charge in [0.1, 0.15) is 0 Å². The van der Waals surface area contributed by atoms with Crippen molar-refractivity contribution in [1.82, 2.24) is 9.55 Å². The van der Waals surface area contributed by atoms with Crippen LogP contribution in [0.15, 0.2) is 18.2 Å². The molecule has 1 unspecified atom stereocenters. The molecule has 7 heteroatoms. The first-order valence-corrected chi connectivity index (χ1v) is 6.03.